The SMILES string of the molecule is CCCCn1c(=O)[nH]c(=O)c2c1nc(CCC(=O)OCc1ccccc1C#N)n2CC(C)C. The van der Waals surface area contributed by atoms with Crippen LogP contribution in [0.2, 0.25) is 0 Å². The molecule has 174 valence electrons. The average molecular weight is 452 g/mol. The van der Waals surface area contributed by atoms with Crippen LogP contribution in [0, 0.1) is 17.2 Å². The van der Waals surface area contributed by atoms with Gasteiger partial charge in [0.2, 0.25) is 0 Å². The summed E-state index contributed by atoms with van der Waals surface area (Å²) < 4.78 is 8.66. The number of hydrogen-bond donors (Lipinski definition) is 1. The van der Waals surface area contributed by atoms with Crippen LogP contribution in [0.4, 0.5) is 0 Å². The van der Waals surface area contributed by atoms with Crippen molar-refractivity contribution in [3.8, 4) is 6.07 Å². The Bertz CT molecular complexity index is 1290. The third-order valence-corrected chi connectivity index (χ3v) is 5.33. The number of hydrogen-bond acceptors (Lipinski definition) is 6. The Morgan fingerprint density at radius 3 is 2.70 bits per heavy atom. The molecule has 2 aromatic heterocycles. The number of nitrogens with zero attached hydrogens (tertiary/aromatic N) is 4. The lowest BCUT2D eigenvalue weighted by Gasteiger charge is -2.11. The zero-order valence-corrected chi connectivity index (χ0v) is 19.3. The van der Waals surface area contributed by atoms with E-state index in [0.29, 0.717) is 41.2 Å². The summed E-state index contributed by atoms with van der Waals surface area (Å²) in [5.41, 5.74) is 0.866. The number of H-pyrrole nitrogens is 1. The maximum atomic E-state index is 12.7. The summed E-state index contributed by atoms with van der Waals surface area (Å²) in [5, 5.41) is 9.17. The van der Waals surface area contributed by atoms with Gasteiger partial charge < -0.3 is 9.30 Å². The first-order valence-electron chi connectivity index (χ1n) is 11.2. The number of nitriles is 1. The summed E-state index contributed by atoms with van der Waals surface area (Å²) in [7, 11) is 0. The van der Waals surface area contributed by atoms with E-state index in [-0.39, 0.29) is 25.4 Å². The number of carbonyl (C=O) groups excluding carboxylic acids is 1. The molecule has 1 N–H and O–H groups in total. The summed E-state index contributed by atoms with van der Waals surface area (Å²) in [6.07, 6.45) is 2.01. The fourth-order valence-electron chi connectivity index (χ4n) is 3.69. The molecule has 9 nitrogen and oxygen atoms in total. The molecule has 0 bridgehead atoms. The molecule has 0 unspecified atom stereocenters. The third kappa shape index (κ3) is 5.58. The predicted molar refractivity (Wildman–Crippen MR) is 124 cm³/mol. The molecule has 1 aromatic carbocycles. The molecule has 0 aliphatic carbocycles. The number of aryl methyl sites for hydroxylation is 2. The molecule has 3 aromatic rings. The highest BCUT2D eigenvalue weighted by atomic mass is 16.5. The molecule has 0 amide bonds. The number of carbonyl (C=O) groups is 1. The molecule has 0 fully saturated rings. The molecule has 0 saturated carbocycles. The number of rotatable bonds is 10. The molecular weight excluding hydrogens is 422 g/mol. The monoisotopic (exact) mass is 451 g/mol. The van der Waals surface area contributed by atoms with Gasteiger partial charge in [0.1, 0.15) is 12.4 Å². The molecule has 2 heterocycles. The Morgan fingerprint density at radius 1 is 1.24 bits per heavy atom. The lowest BCUT2D eigenvalue weighted by atomic mass is 10.1. The Hall–Kier alpha value is -3.67. The minimum Gasteiger partial charge on any atom is -0.461 e. The Balaban J connectivity index is 1.85. The quantitative estimate of drug-likeness (QED) is 0.473. The van der Waals surface area contributed by atoms with Gasteiger partial charge in [0.25, 0.3) is 5.56 Å². The van der Waals surface area contributed by atoms with E-state index in [2.05, 4.69) is 16.0 Å². The van der Waals surface area contributed by atoms with Gasteiger partial charge in [-0.05, 0) is 18.4 Å². The van der Waals surface area contributed by atoms with Crippen molar-refractivity contribution >= 4 is 17.1 Å². The molecule has 3 rings (SSSR count). The van der Waals surface area contributed by atoms with Gasteiger partial charge in [-0.3, -0.25) is 19.1 Å². The number of aromatic amines is 1. The zero-order valence-electron chi connectivity index (χ0n) is 19.3. The first-order valence-corrected chi connectivity index (χ1v) is 11.2. The number of nitrogens with one attached hydrogen (secondary N) is 1. The molecule has 33 heavy (non-hydrogen) atoms. The number of ether oxygens (including phenoxy) is 1. The Labute approximate surface area is 191 Å². The number of unbranched alkanes of at least 4 members (excludes halogenated alkanes) is 1. The van der Waals surface area contributed by atoms with Crippen LogP contribution >= 0.6 is 0 Å². The van der Waals surface area contributed by atoms with Crippen LogP contribution in [0.1, 0.15) is 57.0 Å². The minimum atomic E-state index is -0.475. The number of benzene rings is 1. The van der Waals surface area contributed by atoms with E-state index in [9.17, 15) is 19.6 Å². The second kappa shape index (κ2) is 10.8. The van der Waals surface area contributed by atoms with Crippen molar-refractivity contribution in [2.45, 2.75) is 66.2 Å². The van der Waals surface area contributed by atoms with Crippen LogP contribution in [0.5, 0.6) is 0 Å². The van der Waals surface area contributed by atoms with Gasteiger partial charge in [0, 0.05) is 25.1 Å². The van der Waals surface area contributed by atoms with Crippen LogP contribution in [0.15, 0.2) is 33.9 Å². The van der Waals surface area contributed by atoms with Crippen LogP contribution < -0.4 is 11.2 Å². The highest BCUT2D eigenvalue weighted by Gasteiger charge is 2.20. The van der Waals surface area contributed by atoms with Crippen molar-refractivity contribution in [3.63, 3.8) is 0 Å². The maximum absolute atomic E-state index is 12.7. The molecule has 0 saturated heterocycles. The zero-order chi connectivity index (χ0) is 24.0. The first-order chi connectivity index (χ1) is 15.8. The van der Waals surface area contributed by atoms with Gasteiger partial charge >= 0.3 is 11.7 Å². The molecule has 9 heteroatoms. The molecule has 0 aliphatic heterocycles. The molecule has 0 aliphatic rings. The topological polar surface area (TPSA) is 123 Å². The summed E-state index contributed by atoms with van der Waals surface area (Å²) in [6, 6.07) is 9.04. The number of imidazole rings is 1. The number of aromatic nitrogens is 4. The van der Waals surface area contributed by atoms with Crippen LogP contribution in [0.3, 0.4) is 0 Å². The smallest absolute Gasteiger partial charge is 0.330 e. The van der Waals surface area contributed by atoms with E-state index in [1.165, 1.54) is 4.57 Å². The van der Waals surface area contributed by atoms with Crippen molar-refractivity contribution in [1.82, 2.24) is 19.1 Å². The van der Waals surface area contributed by atoms with Crippen LogP contribution in [-0.4, -0.2) is 25.1 Å². The second-order valence-corrected chi connectivity index (χ2v) is 8.40. The van der Waals surface area contributed by atoms with Crippen molar-refractivity contribution in [2.24, 2.45) is 5.92 Å². The minimum absolute atomic E-state index is 0.0151. The van der Waals surface area contributed by atoms with Gasteiger partial charge in [-0.15, -0.1) is 0 Å². The predicted octanol–water partition coefficient (Wildman–Crippen LogP) is 2.89. The van der Waals surface area contributed by atoms with Crippen molar-refractivity contribution in [3.05, 3.63) is 62.1 Å². The van der Waals surface area contributed by atoms with E-state index in [4.69, 9.17) is 4.74 Å². The summed E-state index contributed by atoms with van der Waals surface area (Å²) in [4.78, 5) is 44.5. The van der Waals surface area contributed by atoms with Gasteiger partial charge in [0.05, 0.1) is 18.1 Å². The fraction of sp³-hybridized carbons (Fsp3) is 0.458. The Morgan fingerprint density at radius 2 is 2.00 bits per heavy atom. The van der Waals surface area contributed by atoms with Crippen molar-refractivity contribution < 1.29 is 9.53 Å². The van der Waals surface area contributed by atoms with E-state index in [0.717, 1.165) is 12.8 Å². The third-order valence-electron chi connectivity index (χ3n) is 5.33. The van der Waals surface area contributed by atoms with Gasteiger partial charge in [-0.2, -0.15) is 5.26 Å². The van der Waals surface area contributed by atoms with Gasteiger partial charge in [0.15, 0.2) is 11.2 Å². The summed E-state index contributed by atoms with van der Waals surface area (Å²) in [6.45, 7) is 7.08. The fourth-order valence-corrected chi connectivity index (χ4v) is 3.69. The molecule has 0 spiro atoms. The average Bonchev–Trinajstić information content (AvgIpc) is 3.14. The number of esters is 1. The number of fused-ring (bicyclic) bond motifs is 1. The van der Waals surface area contributed by atoms with E-state index in [1.54, 1.807) is 28.8 Å². The Kier molecular flexibility index (Phi) is 7.83. The highest BCUT2D eigenvalue weighted by molar-refractivity contribution is 5.72. The molecule has 0 atom stereocenters. The summed E-state index contributed by atoms with van der Waals surface area (Å²) >= 11 is 0. The lowest BCUT2D eigenvalue weighted by Crippen LogP contribution is -2.31. The van der Waals surface area contributed by atoms with E-state index >= 15 is 0 Å². The highest BCUT2D eigenvalue weighted by Crippen LogP contribution is 2.17. The largest absolute Gasteiger partial charge is 0.461 e. The second-order valence-electron chi connectivity index (χ2n) is 8.40. The normalized spacial score (nSPS) is 11.1. The van der Waals surface area contributed by atoms with Crippen molar-refractivity contribution in [1.29, 1.82) is 5.26 Å². The van der Waals surface area contributed by atoms with E-state index in [1.807, 2.05) is 20.8 Å². The van der Waals surface area contributed by atoms with Gasteiger partial charge in [-0.1, -0.05) is 45.4 Å². The summed E-state index contributed by atoms with van der Waals surface area (Å²) in [5.74, 6) is 0.364. The van der Waals surface area contributed by atoms with Crippen LogP contribution in [0.25, 0.3) is 11.2 Å². The van der Waals surface area contributed by atoms with E-state index < -0.39 is 17.2 Å². The van der Waals surface area contributed by atoms with Crippen molar-refractivity contribution in [2.75, 3.05) is 0 Å². The standard InChI is InChI=1S/C24H29N5O4/c1-4-5-12-28-22-21(23(31)27-24(28)32)29(14-16(2)3)19(26-22)10-11-20(30)33-15-18-9-7-6-8-17(18)13-25/h6-9,16H,4-5,10-12,14-15H2,1-3H3,(H,27,31,32). The first kappa shape index (κ1) is 24.0. The van der Waals surface area contributed by atoms with Gasteiger partial charge in [-0.25, -0.2) is 9.78 Å². The molecular formula is C24H29N5O4. The maximum Gasteiger partial charge on any atom is 0.330 e. The molecule has 0 radical (unpaired) electrons. The lowest BCUT2D eigenvalue weighted by molar-refractivity contribution is -0.144. The van der Waals surface area contributed by atoms with Crippen LogP contribution in [-0.2, 0) is 35.6 Å².